The van der Waals surface area contributed by atoms with E-state index in [0.717, 1.165) is 6.42 Å². The zero-order chi connectivity index (χ0) is 15.8. The number of aliphatic hydroxyl groups is 2. The van der Waals surface area contributed by atoms with Gasteiger partial charge in [-0.15, -0.1) is 0 Å². The van der Waals surface area contributed by atoms with Crippen molar-refractivity contribution >= 4 is 0 Å². The molecule has 0 aromatic rings. The van der Waals surface area contributed by atoms with Crippen molar-refractivity contribution in [3.63, 3.8) is 0 Å². The van der Waals surface area contributed by atoms with E-state index in [1.807, 2.05) is 26.8 Å². The monoisotopic (exact) mass is 298 g/mol. The van der Waals surface area contributed by atoms with Crippen LogP contribution >= 0.6 is 0 Å². The summed E-state index contributed by atoms with van der Waals surface area (Å²) in [5.74, 6) is -0.674. The van der Waals surface area contributed by atoms with Crippen molar-refractivity contribution in [1.82, 2.24) is 0 Å². The van der Waals surface area contributed by atoms with Gasteiger partial charge >= 0.3 is 0 Å². The maximum Gasteiger partial charge on any atom is 0.193 e. The second-order valence-electron chi connectivity index (χ2n) is 6.86. The molecule has 1 saturated heterocycles. The van der Waals surface area contributed by atoms with E-state index < -0.39 is 11.9 Å². The molecular formula is C17H30O4. The fourth-order valence-corrected chi connectivity index (χ4v) is 3.68. The third kappa shape index (κ3) is 2.91. The molecule has 0 amide bonds. The van der Waals surface area contributed by atoms with Gasteiger partial charge in [-0.3, -0.25) is 0 Å². The lowest BCUT2D eigenvalue weighted by Crippen LogP contribution is -2.61. The fourth-order valence-electron chi connectivity index (χ4n) is 3.68. The zero-order valence-electron chi connectivity index (χ0n) is 13.8. The van der Waals surface area contributed by atoms with Gasteiger partial charge in [-0.2, -0.15) is 0 Å². The number of rotatable bonds is 3. The smallest absolute Gasteiger partial charge is 0.193 e. The highest BCUT2D eigenvalue weighted by atomic mass is 16.7. The Morgan fingerprint density at radius 3 is 2.43 bits per heavy atom. The molecule has 0 aromatic carbocycles. The molecule has 0 aromatic heterocycles. The minimum absolute atomic E-state index is 0.0241. The van der Waals surface area contributed by atoms with E-state index in [4.69, 9.17) is 9.47 Å². The van der Waals surface area contributed by atoms with Crippen molar-refractivity contribution in [2.45, 2.75) is 65.1 Å². The Kier molecular flexibility index (Phi) is 5.14. The van der Waals surface area contributed by atoms with Gasteiger partial charge in [0.2, 0.25) is 0 Å². The first-order valence-corrected chi connectivity index (χ1v) is 8.20. The van der Waals surface area contributed by atoms with Crippen molar-refractivity contribution in [3.8, 4) is 0 Å². The summed E-state index contributed by atoms with van der Waals surface area (Å²) in [6.45, 7) is 10.2. The van der Waals surface area contributed by atoms with Crippen molar-refractivity contribution < 1.29 is 19.7 Å². The second-order valence-corrected chi connectivity index (χ2v) is 6.86. The molecule has 1 spiro atoms. The van der Waals surface area contributed by atoms with Crippen LogP contribution in [0.15, 0.2) is 12.2 Å². The zero-order valence-corrected chi connectivity index (χ0v) is 13.8. The SMILES string of the molecule is CC[C@H]1C=C[C@@]2(O[C@H]([C@@H](C)CO)[C@@H](C)[C@@H](O)[C@@H]2C)O[C@@H]1C. The van der Waals surface area contributed by atoms with Crippen LogP contribution in [0.1, 0.15) is 41.0 Å². The lowest BCUT2D eigenvalue weighted by molar-refractivity contribution is -0.337. The highest BCUT2D eigenvalue weighted by Gasteiger charge is 2.53. The van der Waals surface area contributed by atoms with E-state index in [2.05, 4.69) is 19.9 Å². The molecule has 122 valence electrons. The summed E-state index contributed by atoms with van der Waals surface area (Å²) in [6.07, 6.45) is 4.51. The molecule has 2 heterocycles. The molecule has 21 heavy (non-hydrogen) atoms. The topological polar surface area (TPSA) is 58.9 Å². The van der Waals surface area contributed by atoms with E-state index in [1.165, 1.54) is 0 Å². The van der Waals surface area contributed by atoms with Crippen LogP contribution in [0.3, 0.4) is 0 Å². The molecule has 0 aliphatic carbocycles. The van der Waals surface area contributed by atoms with Crippen molar-refractivity contribution in [2.24, 2.45) is 23.7 Å². The van der Waals surface area contributed by atoms with Crippen LogP contribution in [0, 0.1) is 23.7 Å². The van der Waals surface area contributed by atoms with Crippen LogP contribution in [0.2, 0.25) is 0 Å². The summed E-state index contributed by atoms with van der Waals surface area (Å²) in [5.41, 5.74) is 0. The summed E-state index contributed by atoms with van der Waals surface area (Å²) in [6, 6.07) is 0. The number of aliphatic hydroxyl groups excluding tert-OH is 2. The summed E-state index contributed by atoms with van der Waals surface area (Å²) in [4.78, 5) is 0. The number of hydrogen-bond acceptors (Lipinski definition) is 4. The highest BCUT2D eigenvalue weighted by molar-refractivity contribution is 5.11. The van der Waals surface area contributed by atoms with Gasteiger partial charge in [0.1, 0.15) is 0 Å². The molecule has 2 aliphatic rings. The standard InChI is InChI=1S/C17H30O4/c1-6-14-7-8-17(20-13(14)5)12(4)15(19)11(3)16(21-17)10(2)9-18/h7-8,10-16,18-19H,6,9H2,1-5H3/t10-,11-,12-,13+,14-,15+,16+,17-/m0/s1. The van der Waals surface area contributed by atoms with E-state index in [0.29, 0.717) is 5.92 Å². The molecule has 2 rings (SSSR count). The molecule has 0 radical (unpaired) electrons. The van der Waals surface area contributed by atoms with Gasteiger partial charge in [0.25, 0.3) is 0 Å². The van der Waals surface area contributed by atoms with E-state index in [9.17, 15) is 10.2 Å². The summed E-state index contributed by atoms with van der Waals surface area (Å²) in [7, 11) is 0. The molecule has 0 unspecified atom stereocenters. The predicted octanol–water partition coefficient (Wildman–Crippen LogP) is 2.34. The van der Waals surface area contributed by atoms with Gasteiger partial charge in [0.05, 0.1) is 18.3 Å². The molecule has 2 aliphatic heterocycles. The Morgan fingerprint density at radius 2 is 1.90 bits per heavy atom. The summed E-state index contributed by atoms with van der Waals surface area (Å²) in [5, 5.41) is 20.1. The highest BCUT2D eigenvalue weighted by Crippen LogP contribution is 2.44. The van der Waals surface area contributed by atoms with Gasteiger partial charge < -0.3 is 19.7 Å². The van der Waals surface area contributed by atoms with Gasteiger partial charge in [-0.05, 0) is 19.4 Å². The maximum atomic E-state index is 10.6. The van der Waals surface area contributed by atoms with E-state index in [1.54, 1.807) is 0 Å². The lowest BCUT2D eigenvalue weighted by atomic mass is 9.76. The van der Waals surface area contributed by atoms with Crippen LogP contribution in [-0.2, 0) is 9.47 Å². The first kappa shape index (κ1) is 16.9. The van der Waals surface area contributed by atoms with Crippen LogP contribution in [-0.4, -0.2) is 40.9 Å². The molecule has 0 bridgehead atoms. The normalized spacial score (nSPS) is 48.5. The molecule has 0 saturated carbocycles. The lowest BCUT2D eigenvalue weighted by Gasteiger charge is -2.53. The molecule has 4 nitrogen and oxygen atoms in total. The summed E-state index contributed by atoms with van der Waals surface area (Å²) < 4.78 is 12.5. The van der Waals surface area contributed by atoms with Crippen LogP contribution in [0.5, 0.6) is 0 Å². The fraction of sp³-hybridized carbons (Fsp3) is 0.882. The van der Waals surface area contributed by atoms with Gasteiger partial charge in [0, 0.05) is 30.3 Å². The molecular weight excluding hydrogens is 268 g/mol. The Hall–Kier alpha value is -0.420. The van der Waals surface area contributed by atoms with E-state index >= 15 is 0 Å². The molecule has 4 heteroatoms. The van der Waals surface area contributed by atoms with Crippen molar-refractivity contribution in [1.29, 1.82) is 0 Å². The largest absolute Gasteiger partial charge is 0.396 e. The minimum Gasteiger partial charge on any atom is -0.396 e. The van der Waals surface area contributed by atoms with Crippen LogP contribution < -0.4 is 0 Å². The van der Waals surface area contributed by atoms with E-state index in [-0.39, 0.29) is 36.6 Å². The Morgan fingerprint density at radius 1 is 1.24 bits per heavy atom. The minimum atomic E-state index is -0.870. The van der Waals surface area contributed by atoms with Crippen molar-refractivity contribution in [2.75, 3.05) is 6.61 Å². The van der Waals surface area contributed by atoms with Gasteiger partial charge in [-0.25, -0.2) is 0 Å². The molecule has 1 fully saturated rings. The van der Waals surface area contributed by atoms with Gasteiger partial charge in [-0.1, -0.05) is 33.8 Å². The van der Waals surface area contributed by atoms with Crippen molar-refractivity contribution in [3.05, 3.63) is 12.2 Å². The Bertz CT molecular complexity index is 383. The van der Waals surface area contributed by atoms with Crippen LogP contribution in [0.25, 0.3) is 0 Å². The average molecular weight is 298 g/mol. The third-order valence-electron chi connectivity index (χ3n) is 5.39. The number of hydrogen-bond donors (Lipinski definition) is 2. The number of ether oxygens (including phenoxy) is 2. The van der Waals surface area contributed by atoms with Crippen LogP contribution in [0.4, 0.5) is 0 Å². The second kappa shape index (κ2) is 6.37. The predicted molar refractivity (Wildman–Crippen MR) is 81.7 cm³/mol. The quantitative estimate of drug-likeness (QED) is 0.785. The Labute approximate surface area is 128 Å². The molecule has 8 atom stereocenters. The van der Waals surface area contributed by atoms with Gasteiger partial charge in [0.15, 0.2) is 5.79 Å². The Balaban J connectivity index is 2.30. The molecule has 2 N–H and O–H groups in total. The first-order chi connectivity index (χ1) is 9.86. The first-order valence-electron chi connectivity index (χ1n) is 8.20. The summed E-state index contributed by atoms with van der Waals surface area (Å²) >= 11 is 0. The third-order valence-corrected chi connectivity index (χ3v) is 5.39. The average Bonchev–Trinajstić information content (AvgIpc) is 2.48. The maximum absolute atomic E-state index is 10.6.